The lowest BCUT2D eigenvalue weighted by atomic mass is 9.89. The SMILES string of the molecule is Cc1onc(-c2ccccc2)c1C(=O)N1C[C@@H]2CN(C)[C@@H](c3cccc(F)c3)[C@@H]2C1. The fourth-order valence-corrected chi connectivity index (χ4v) is 5.19. The Bertz CT molecular complexity index is 1080. The van der Waals surface area contributed by atoms with Gasteiger partial charge in [-0.2, -0.15) is 0 Å². The summed E-state index contributed by atoms with van der Waals surface area (Å²) in [6.45, 7) is 4.02. The van der Waals surface area contributed by atoms with Gasteiger partial charge in [-0.05, 0) is 37.6 Å². The number of fused-ring (bicyclic) bond motifs is 1. The van der Waals surface area contributed by atoms with Gasteiger partial charge in [0.2, 0.25) is 0 Å². The van der Waals surface area contributed by atoms with Crippen LogP contribution < -0.4 is 0 Å². The van der Waals surface area contributed by atoms with Crippen LogP contribution in [-0.2, 0) is 0 Å². The summed E-state index contributed by atoms with van der Waals surface area (Å²) in [5.74, 6) is 0.925. The Morgan fingerprint density at radius 3 is 2.67 bits per heavy atom. The van der Waals surface area contributed by atoms with Gasteiger partial charge in [0.15, 0.2) is 0 Å². The summed E-state index contributed by atoms with van der Waals surface area (Å²) in [6.07, 6.45) is 0. The highest BCUT2D eigenvalue weighted by Crippen LogP contribution is 2.44. The number of aromatic nitrogens is 1. The van der Waals surface area contributed by atoms with Crippen molar-refractivity contribution in [2.24, 2.45) is 11.8 Å². The molecule has 2 fully saturated rings. The van der Waals surface area contributed by atoms with Gasteiger partial charge in [0.05, 0.1) is 0 Å². The van der Waals surface area contributed by atoms with Crippen LogP contribution in [0.4, 0.5) is 4.39 Å². The number of rotatable bonds is 3. The van der Waals surface area contributed by atoms with E-state index in [0.717, 1.165) is 17.7 Å². The van der Waals surface area contributed by atoms with Crippen LogP contribution >= 0.6 is 0 Å². The van der Waals surface area contributed by atoms with Gasteiger partial charge in [-0.3, -0.25) is 9.69 Å². The van der Waals surface area contributed by atoms with Crippen LogP contribution in [0.15, 0.2) is 59.1 Å². The molecule has 1 amide bonds. The maximum absolute atomic E-state index is 13.8. The van der Waals surface area contributed by atoms with Gasteiger partial charge in [0, 0.05) is 37.2 Å². The molecule has 0 radical (unpaired) electrons. The molecule has 30 heavy (non-hydrogen) atoms. The Balaban J connectivity index is 1.42. The third kappa shape index (κ3) is 3.12. The van der Waals surface area contributed by atoms with Crippen LogP contribution in [0.25, 0.3) is 11.3 Å². The third-order valence-corrected chi connectivity index (χ3v) is 6.50. The third-order valence-electron chi connectivity index (χ3n) is 6.50. The number of likely N-dealkylation sites (tertiary alicyclic amines) is 2. The normalized spacial score (nSPS) is 23.7. The van der Waals surface area contributed by atoms with Gasteiger partial charge in [-0.15, -0.1) is 0 Å². The summed E-state index contributed by atoms with van der Waals surface area (Å²) in [5.41, 5.74) is 2.98. The summed E-state index contributed by atoms with van der Waals surface area (Å²) < 4.78 is 19.2. The highest BCUT2D eigenvalue weighted by atomic mass is 19.1. The minimum absolute atomic E-state index is 0.0392. The van der Waals surface area contributed by atoms with Crippen LogP contribution in [0.2, 0.25) is 0 Å². The van der Waals surface area contributed by atoms with E-state index in [-0.39, 0.29) is 23.7 Å². The molecule has 3 aromatic rings. The Labute approximate surface area is 175 Å². The molecule has 2 saturated heterocycles. The molecule has 0 unspecified atom stereocenters. The topological polar surface area (TPSA) is 49.6 Å². The van der Waals surface area contributed by atoms with Crippen molar-refractivity contribution in [1.82, 2.24) is 15.0 Å². The highest BCUT2D eigenvalue weighted by molar-refractivity contribution is 6.01. The van der Waals surface area contributed by atoms with Gasteiger partial charge in [-0.25, -0.2) is 4.39 Å². The van der Waals surface area contributed by atoms with Crippen LogP contribution in [0.5, 0.6) is 0 Å². The van der Waals surface area contributed by atoms with Crippen molar-refractivity contribution in [1.29, 1.82) is 0 Å². The lowest BCUT2D eigenvalue weighted by Gasteiger charge is -2.27. The van der Waals surface area contributed by atoms with Crippen LogP contribution in [0.1, 0.15) is 27.7 Å². The lowest BCUT2D eigenvalue weighted by molar-refractivity contribution is 0.0766. The Kier molecular flexibility index (Phi) is 4.66. The van der Waals surface area contributed by atoms with E-state index in [0.29, 0.717) is 36.0 Å². The molecule has 0 saturated carbocycles. The molecule has 154 valence electrons. The van der Waals surface area contributed by atoms with E-state index in [2.05, 4.69) is 17.1 Å². The molecule has 2 aliphatic rings. The van der Waals surface area contributed by atoms with Crippen molar-refractivity contribution in [2.75, 3.05) is 26.7 Å². The number of amides is 1. The molecule has 2 aliphatic heterocycles. The number of halogens is 1. The van der Waals surface area contributed by atoms with Gasteiger partial charge in [-0.1, -0.05) is 47.6 Å². The molecule has 5 rings (SSSR count). The van der Waals surface area contributed by atoms with Gasteiger partial charge in [0.1, 0.15) is 22.8 Å². The predicted molar refractivity (Wildman–Crippen MR) is 111 cm³/mol. The van der Waals surface area contributed by atoms with Gasteiger partial charge < -0.3 is 9.42 Å². The minimum atomic E-state index is -0.220. The van der Waals surface area contributed by atoms with Crippen molar-refractivity contribution in [2.45, 2.75) is 13.0 Å². The fraction of sp³-hybridized carbons (Fsp3) is 0.333. The summed E-state index contributed by atoms with van der Waals surface area (Å²) in [5, 5.41) is 4.16. The first kappa shape index (κ1) is 19.0. The van der Waals surface area contributed by atoms with E-state index >= 15 is 0 Å². The molecular weight excluding hydrogens is 381 g/mol. The monoisotopic (exact) mass is 405 g/mol. The number of hydrogen-bond acceptors (Lipinski definition) is 4. The zero-order valence-electron chi connectivity index (χ0n) is 17.1. The minimum Gasteiger partial charge on any atom is -0.360 e. The first-order valence-electron chi connectivity index (χ1n) is 10.3. The Morgan fingerprint density at radius 1 is 1.10 bits per heavy atom. The van der Waals surface area contributed by atoms with Crippen molar-refractivity contribution < 1.29 is 13.7 Å². The summed E-state index contributed by atoms with van der Waals surface area (Å²) >= 11 is 0. The second-order valence-corrected chi connectivity index (χ2v) is 8.40. The first-order valence-corrected chi connectivity index (χ1v) is 10.3. The summed E-state index contributed by atoms with van der Waals surface area (Å²) in [4.78, 5) is 17.7. The molecule has 2 aromatic carbocycles. The first-order chi connectivity index (χ1) is 14.5. The smallest absolute Gasteiger partial charge is 0.259 e. The zero-order valence-corrected chi connectivity index (χ0v) is 17.1. The number of carbonyl (C=O) groups excluding carboxylic acids is 1. The molecular formula is C24H24FN3O2. The van der Waals surface area contributed by atoms with E-state index in [4.69, 9.17) is 4.52 Å². The Hall–Kier alpha value is -2.99. The van der Waals surface area contributed by atoms with E-state index in [1.807, 2.05) is 41.3 Å². The van der Waals surface area contributed by atoms with Gasteiger partial charge in [0.25, 0.3) is 5.91 Å². The van der Waals surface area contributed by atoms with Crippen molar-refractivity contribution in [3.8, 4) is 11.3 Å². The largest absolute Gasteiger partial charge is 0.360 e. The molecule has 0 N–H and O–H groups in total. The van der Waals surface area contributed by atoms with E-state index in [1.165, 1.54) is 6.07 Å². The van der Waals surface area contributed by atoms with Crippen LogP contribution in [-0.4, -0.2) is 47.5 Å². The average Bonchev–Trinajstić information content (AvgIpc) is 3.40. The van der Waals surface area contributed by atoms with E-state index in [9.17, 15) is 9.18 Å². The fourth-order valence-electron chi connectivity index (χ4n) is 5.19. The Morgan fingerprint density at radius 2 is 1.90 bits per heavy atom. The lowest BCUT2D eigenvalue weighted by Crippen LogP contribution is -2.33. The van der Waals surface area contributed by atoms with Crippen molar-refractivity contribution >= 4 is 5.91 Å². The predicted octanol–water partition coefficient (Wildman–Crippen LogP) is 4.16. The number of hydrogen-bond donors (Lipinski definition) is 0. The van der Waals surface area contributed by atoms with E-state index < -0.39 is 0 Å². The molecule has 0 spiro atoms. The molecule has 6 heteroatoms. The van der Waals surface area contributed by atoms with Gasteiger partial charge >= 0.3 is 0 Å². The zero-order chi connectivity index (χ0) is 20.8. The van der Waals surface area contributed by atoms with Crippen LogP contribution in [0, 0.1) is 24.6 Å². The molecule has 3 heterocycles. The summed E-state index contributed by atoms with van der Waals surface area (Å²) in [7, 11) is 2.08. The summed E-state index contributed by atoms with van der Waals surface area (Å²) in [6, 6.07) is 16.6. The second kappa shape index (κ2) is 7.36. The number of aryl methyl sites for hydroxylation is 1. The van der Waals surface area contributed by atoms with E-state index in [1.54, 1.807) is 19.1 Å². The second-order valence-electron chi connectivity index (χ2n) is 8.40. The molecule has 1 aromatic heterocycles. The number of carbonyl (C=O) groups is 1. The molecule has 0 aliphatic carbocycles. The maximum atomic E-state index is 13.8. The van der Waals surface area contributed by atoms with Crippen LogP contribution in [0.3, 0.4) is 0 Å². The van der Waals surface area contributed by atoms with Crippen molar-refractivity contribution in [3.05, 3.63) is 77.3 Å². The van der Waals surface area contributed by atoms with Crippen molar-refractivity contribution in [3.63, 3.8) is 0 Å². The average molecular weight is 405 g/mol. The number of benzene rings is 2. The molecule has 3 atom stereocenters. The molecule has 5 nitrogen and oxygen atoms in total. The standard InChI is InChI=1S/C24H24FN3O2/c1-15-21(22(26-30-15)16-7-4-3-5-8-16)24(29)28-13-18-12-27(2)23(20(18)14-28)17-9-6-10-19(25)11-17/h3-11,18,20,23H,12-14H2,1-2H3/t18-,20+,23-/m0/s1. The molecule has 0 bridgehead atoms. The quantitative estimate of drug-likeness (QED) is 0.656. The maximum Gasteiger partial charge on any atom is 0.259 e. The number of nitrogens with zero attached hydrogens (tertiary/aromatic N) is 3. The highest BCUT2D eigenvalue weighted by Gasteiger charge is 2.48.